The number of ether oxygens (including phenoxy) is 1. The molecule has 1 aliphatic rings. The zero-order valence-corrected chi connectivity index (χ0v) is 13.0. The van der Waals surface area contributed by atoms with Crippen LogP contribution < -0.4 is 10.1 Å². The van der Waals surface area contributed by atoms with Crippen molar-refractivity contribution >= 4 is 17.5 Å². The van der Waals surface area contributed by atoms with Gasteiger partial charge in [-0.05, 0) is 42.7 Å². The van der Waals surface area contributed by atoms with E-state index in [0.717, 1.165) is 17.9 Å². The Labute approximate surface area is 134 Å². The third-order valence-corrected chi connectivity index (χ3v) is 4.35. The first-order chi connectivity index (χ1) is 10.7. The molecule has 114 valence electrons. The van der Waals surface area contributed by atoms with Gasteiger partial charge < -0.3 is 10.1 Å². The van der Waals surface area contributed by atoms with Crippen molar-refractivity contribution in [2.24, 2.45) is 0 Å². The second-order valence-corrected chi connectivity index (χ2v) is 5.81. The Morgan fingerprint density at radius 3 is 2.68 bits per heavy atom. The number of amides is 1. The number of aromatic nitrogens is 1. The predicted molar refractivity (Wildman–Crippen MR) is 85.5 cm³/mol. The lowest BCUT2D eigenvalue weighted by Crippen LogP contribution is -2.45. The summed E-state index contributed by atoms with van der Waals surface area (Å²) in [5.74, 6) is 0.624. The SMILES string of the molecule is COc1cccnc1C(=O)N[C@H]1CC[C@H]1c1ccc(Cl)cc1. The maximum absolute atomic E-state index is 12.4. The average molecular weight is 317 g/mol. The van der Waals surface area contributed by atoms with Crippen molar-refractivity contribution in [2.75, 3.05) is 7.11 Å². The van der Waals surface area contributed by atoms with Gasteiger partial charge in [-0.2, -0.15) is 0 Å². The molecule has 0 spiro atoms. The topological polar surface area (TPSA) is 51.2 Å². The quantitative estimate of drug-likeness (QED) is 0.940. The van der Waals surface area contributed by atoms with Gasteiger partial charge in [0, 0.05) is 23.2 Å². The van der Waals surface area contributed by atoms with Crippen molar-refractivity contribution in [3.05, 3.63) is 58.9 Å². The molecule has 1 amide bonds. The van der Waals surface area contributed by atoms with Crippen LogP contribution in [-0.4, -0.2) is 24.0 Å². The summed E-state index contributed by atoms with van der Waals surface area (Å²) in [7, 11) is 1.54. The third kappa shape index (κ3) is 2.92. The lowest BCUT2D eigenvalue weighted by atomic mass is 9.75. The third-order valence-electron chi connectivity index (χ3n) is 4.09. The molecule has 0 radical (unpaired) electrons. The number of methoxy groups -OCH3 is 1. The van der Waals surface area contributed by atoms with E-state index in [4.69, 9.17) is 16.3 Å². The maximum atomic E-state index is 12.4. The number of pyridine rings is 1. The summed E-state index contributed by atoms with van der Waals surface area (Å²) in [6.45, 7) is 0. The Bertz CT molecular complexity index is 673. The molecule has 0 unspecified atom stereocenters. The number of nitrogens with zero attached hydrogens (tertiary/aromatic N) is 1. The summed E-state index contributed by atoms with van der Waals surface area (Å²) in [6, 6.07) is 11.4. The highest BCUT2D eigenvalue weighted by Gasteiger charge is 2.34. The van der Waals surface area contributed by atoms with Gasteiger partial charge in [0.15, 0.2) is 5.69 Å². The highest BCUT2D eigenvalue weighted by molar-refractivity contribution is 6.30. The van der Waals surface area contributed by atoms with Crippen molar-refractivity contribution in [1.29, 1.82) is 0 Å². The number of nitrogens with one attached hydrogen (secondary N) is 1. The molecule has 0 aliphatic heterocycles. The molecule has 1 N–H and O–H groups in total. The van der Waals surface area contributed by atoms with Crippen LogP contribution in [0.15, 0.2) is 42.6 Å². The first-order valence-corrected chi connectivity index (χ1v) is 7.62. The molecule has 1 heterocycles. The van der Waals surface area contributed by atoms with Gasteiger partial charge in [0.25, 0.3) is 5.91 Å². The monoisotopic (exact) mass is 316 g/mol. The first kappa shape index (κ1) is 14.9. The van der Waals surface area contributed by atoms with Gasteiger partial charge in [0.1, 0.15) is 5.75 Å². The van der Waals surface area contributed by atoms with Crippen LogP contribution >= 0.6 is 11.6 Å². The summed E-state index contributed by atoms with van der Waals surface area (Å²) in [4.78, 5) is 16.5. The highest BCUT2D eigenvalue weighted by Crippen LogP contribution is 2.37. The lowest BCUT2D eigenvalue weighted by Gasteiger charge is -2.37. The summed E-state index contributed by atoms with van der Waals surface area (Å²) in [5, 5.41) is 3.78. The van der Waals surface area contributed by atoms with Crippen LogP contribution in [0.4, 0.5) is 0 Å². The van der Waals surface area contributed by atoms with E-state index in [1.165, 1.54) is 12.7 Å². The second kappa shape index (κ2) is 6.36. The minimum atomic E-state index is -0.193. The largest absolute Gasteiger partial charge is 0.494 e. The van der Waals surface area contributed by atoms with Gasteiger partial charge in [-0.25, -0.2) is 4.98 Å². The minimum Gasteiger partial charge on any atom is -0.494 e. The molecular formula is C17H17ClN2O2. The standard InChI is InChI=1S/C17H17ClN2O2/c1-22-15-3-2-10-19-16(15)17(21)20-14-9-8-13(14)11-4-6-12(18)7-5-11/h2-7,10,13-14H,8-9H2,1H3,(H,20,21)/t13-,14-/m0/s1. The summed E-state index contributed by atoms with van der Waals surface area (Å²) >= 11 is 5.92. The van der Waals surface area contributed by atoms with Crippen LogP contribution in [0.1, 0.15) is 34.8 Å². The van der Waals surface area contributed by atoms with Crippen LogP contribution in [0.5, 0.6) is 5.75 Å². The van der Waals surface area contributed by atoms with E-state index < -0.39 is 0 Å². The van der Waals surface area contributed by atoms with E-state index >= 15 is 0 Å². The van der Waals surface area contributed by atoms with E-state index in [2.05, 4.69) is 10.3 Å². The fraction of sp³-hybridized carbons (Fsp3) is 0.294. The lowest BCUT2D eigenvalue weighted by molar-refractivity contribution is 0.0896. The van der Waals surface area contributed by atoms with Crippen molar-refractivity contribution in [3.8, 4) is 5.75 Å². The molecule has 3 rings (SSSR count). The van der Waals surface area contributed by atoms with Gasteiger partial charge >= 0.3 is 0 Å². The smallest absolute Gasteiger partial charge is 0.273 e. The van der Waals surface area contributed by atoms with E-state index in [9.17, 15) is 4.79 Å². The summed E-state index contributed by atoms with van der Waals surface area (Å²) < 4.78 is 5.19. The molecule has 1 aromatic heterocycles. The van der Waals surface area contributed by atoms with Crippen LogP contribution in [0.2, 0.25) is 5.02 Å². The molecule has 1 saturated carbocycles. The number of hydrogen-bond donors (Lipinski definition) is 1. The molecule has 1 fully saturated rings. The van der Waals surface area contributed by atoms with Crippen molar-refractivity contribution in [2.45, 2.75) is 24.8 Å². The van der Waals surface area contributed by atoms with Crippen LogP contribution in [-0.2, 0) is 0 Å². The Kier molecular flexibility index (Phi) is 4.29. The van der Waals surface area contributed by atoms with Gasteiger partial charge in [-0.3, -0.25) is 4.79 Å². The zero-order chi connectivity index (χ0) is 15.5. The van der Waals surface area contributed by atoms with Crippen molar-refractivity contribution < 1.29 is 9.53 Å². The van der Waals surface area contributed by atoms with E-state index in [-0.39, 0.29) is 11.9 Å². The Morgan fingerprint density at radius 2 is 2.05 bits per heavy atom. The van der Waals surface area contributed by atoms with Crippen LogP contribution in [0.25, 0.3) is 0 Å². The molecule has 1 aliphatic carbocycles. The predicted octanol–water partition coefficient (Wildman–Crippen LogP) is 3.42. The Hall–Kier alpha value is -2.07. The Morgan fingerprint density at radius 1 is 1.27 bits per heavy atom. The van der Waals surface area contributed by atoms with E-state index in [1.807, 2.05) is 24.3 Å². The molecule has 22 heavy (non-hydrogen) atoms. The van der Waals surface area contributed by atoms with Gasteiger partial charge in [-0.1, -0.05) is 23.7 Å². The Balaban J connectivity index is 1.70. The van der Waals surface area contributed by atoms with Crippen molar-refractivity contribution in [3.63, 3.8) is 0 Å². The minimum absolute atomic E-state index is 0.125. The highest BCUT2D eigenvalue weighted by atomic mass is 35.5. The van der Waals surface area contributed by atoms with E-state index in [1.54, 1.807) is 18.3 Å². The fourth-order valence-corrected chi connectivity index (χ4v) is 2.87. The summed E-state index contributed by atoms with van der Waals surface area (Å²) in [5.41, 5.74) is 1.53. The van der Waals surface area contributed by atoms with Gasteiger partial charge in [-0.15, -0.1) is 0 Å². The van der Waals surface area contributed by atoms with E-state index in [0.29, 0.717) is 17.4 Å². The number of hydrogen-bond acceptors (Lipinski definition) is 3. The molecule has 4 nitrogen and oxygen atoms in total. The van der Waals surface area contributed by atoms with Gasteiger partial charge in [0.2, 0.25) is 0 Å². The number of rotatable bonds is 4. The number of benzene rings is 1. The van der Waals surface area contributed by atoms with Gasteiger partial charge in [0.05, 0.1) is 7.11 Å². The fourth-order valence-electron chi connectivity index (χ4n) is 2.74. The van der Waals surface area contributed by atoms with Crippen LogP contribution in [0.3, 0.4) is 0 Å². The molecule has 1 aromatic carbocycles. The molecule has 0 bridgehead atoms. The molecule has 0 saturated heterocycles. The molecule has 5 heteroatoms. The van der Waals surface area contributed by atoms with Crippen molar-refractivity contribution in [1.82, 2.24) is 10.3 Å². The number of carbonyl (C=O) groups is 1. The van der Waals surface area contributed by atoms with Crippen LogP contribution in [0, 0.1) is 0 Å². The zero-order valence-electron chi connectivity index (χ0n) is 12.3. The molecular weight excluding hydrogens is 300 g/mol. The number of carbonyl (C=O) groups excluding carboxylic acids is 1. The maximum Gasteiger partial charge on any atom is 0.273 e. The second-order valence-electron chi connectivity index (χ2n) is 5.37. The first-order valence-electron chi connectivity index (χ1n) is 7.24. The number of halogens is 1. The normalized spacial score (nSPS) is 20.1. The average Bonchev–Trinajstić information content (AvgIpc) is 2.53. The molecule has 2 aromatic rings. The molecule has 2 atom stereocenters. The summed E-state index contributed by atoms with van der Waals surface area (Å²) in [6.07, 6.45) is 3.62.